The molecule has 4 heterocycles. The summed E-state index contributed by atoms with van der Waals surface area (Å²) in [6.45, 7) is -1.73. The molecule has 58 heavy (non-hydrogen) atoms. The zero-order valence-corrected chi connectivity index (χ0v) is 31.1. The first-order valence-electron chi connectivity index (χ1n) is 18.2. The molecule has 0 aromatic carbocycles. The van der Waals surface area contributed by atoms with Crippen LogP contribution in [0.1, 0.15) is 13.8 Å². The van der Waals surface area contributed by atoms with Gasteiger partial charge in [0.1, 0.15) is 116 Å². The highest BCUT2D eigenvalue weighted by molar-refractivity contribution is 5.73. The molecule has 4 aliphatic heterocycles. The molecule has 16 N–H and O–H groups in total. The Morgan fingerprint density at radius 3 is 1.67 bits per heavy atom. The van der Waals surface area contributed by atoms with Gasteiger partial charge in [-0.25, -0.2) is 0 Å². The average Bonchev–Trinajstić information content (AvgIpc) is 3.20. The molecule has 0 radical (unpaired) electrons. The van der Waals surface area contributed by atoms with E-state index in [2.05, 4.69) is 5.32 Å². The average molecular weight is 854 g/mol. The van der Waals surface area contributed by atoms with Gasteiger partial charge in [-0.05, 0) is 6.92 Å². The Kier molecular flexibility index (Phi) is 18.0. The van der Waals surface area contributed by atoms with Crippen molar-refractivity contribution in [1.29, 1.82) is 0 Å². The van der Waals surface area contributed by atoms with E-state index in [0.29, 0.717) is 0 Å². The SMILES string of the molecule is CC(=O)N[C@H]1[C@@H](O[C@H]2[C@H](O)[C@@H](O[C@@H]([C@H](O)[C@H](O)C=O)[C@H](O)CO)O[C@@H](CO)[C@@H]2O)O[C@H](CO)[C@H](O[C@@H]2O[C@H](CO)[C@@H](O)[C@H](O)[C@@H]2O)[C@@H]1O[C@@H]1O[C@H](C)[C@H](O)[C@H](O)[C@@H]1O. The minimum Gasteiger partial charge on any atom is -0.394 e. The van der Waals surface area contributed by atoms with Crippen LogP contribution in [0, 0.1) is 0 Å². The molecular formula is C32H55NO25. The van der Waals surface area contributed by atoms with Crippen LogP contribution >= 0.6 is 0 Å². The molecule has 4 fully saturated rings. The van der Waals surface area contributed by atoms with E-state index < -0.39 is 180 Å². The second-order valence-electron chi connectivity index (χ2n) is 14.3. The van der Waals surface area contributed by atoms with Crippen LogP contribution in [0.25, 0.3) is 0 Å². The lowest BCUT2D eigenvalue weighted by Gasteiger charge is -2.51. The smallest absolute Gasteiger partial charge is 0.217 e. The summed E-state index contributed by atoms with van der Waals surface area (Å²) in [4.78, 5) is 23.9. The van der Waals surface area contributed by atoms with Gasteiger partial charge in [0.25, 0.3) is 0 Å². The minimum absolute atomic E-state index is 0.122. The number of hydrogen-bond acceptors (Lipinski definition) is 25. The lowest BCUT2D eigenvalue weighted by molar-refractivity contribution is -0.388. The summed E-state index contributed by atoms with van der Waals surface area (Å²) < 4.78 is 45.8. The van der Waals surface area contributed by atoms with Gasteiger partial charge in [0, 0.05) is 6.92 Å². The Balaban J connectivity index is 1.75. The van der Waals surface area contributed by atoms with E-state index in [-0.39, 0.29) is 6.29 Å². The van der Waals surface area contributed by atoms with Crippen molar-refractivity contribution >= 4 is 12.2 Å². The number of aliphatic hydroxyl groups excluding tert-OH is 15. The molecule has 0 aliphatic carbocycles. The molecule has 0 bridgehead atoms. The Hall–Kier alpha value is -1.78. The normalized spacial score (nSPS) is 45.8. The molecule has 24 atom stereocenters. The molecule has 0 unspecified atom stereocenters. The lowest BCUT2D eigenvalue weighted by atomic mass is 9.93. The van der Waals surface area contributed by atoms with Crippen molar-refractivity contribution in [1.82, 2.24) is 5.32 Å². The monoisotopic (exact) mass is 853 g/mol. The van der Waals surface area contributed by atoms with Crippen molar-refractivity contribution in [2.24, 2.45) is 0 Å². The summed E-state index contributed by atoms with van der Waals surface area (Å²) in [5.41, 5.74) is 0. The van der Waals surface area contributed by atoms with Gasteiger partial charge in [-0.3, -0.25) is 4.79 Å². The quantitative estimate of drug-likeness (QED) is 0.0604. The second kappa shape index (κ2) is 21.3. The first-order valence-corrected chi connectivity index (χ1v) is 18.2. The Morgan fingerprint density at radius 2 is 1.12 bits per heavy atom. The van der Waals surface area contributed by atoms with Crippen molar-refractivity contribution in [2.75, 3.05) is 26.4 Å². The van der Waals surface area contributed by atoms with E-state index in [9.17, 15) is 86.2 Å². The maximum Gasteiger partial charge on any atom is 0.217 e. The number of aldehydes is 1. The standard InChI is InChI=1S/C32H55NO25/c1-8-16(42)20(46)22(48)30(51-8)57-27-15(33-9(2)39)29(54-14(7-38)26(27)56-31-23(49)21(47)18(44)12(5-36)52-31)58-28-19(45)13(6-37)53-32(24(28)50)55-25(11(41)4-35)17(43)10(40)3-34/h3,8,10-32,35-38,40-50H,4-7H2,1-2H3,(H,33,39)/t8-,10-,11-,12-,13+,14-,15-,16+,17-,18-,19+,20+,21+,22+,23+,24+,25-,26+,27-,28-,29-,30+,31+,32-/m1/s1. The third-order valence-electron chi connectivity index (χ3n) is 10.2. The van der Waals surface area contributed by atoms with Gasteiger partial charge in [0.15, 0.2) is 31.4 Å². The molecule has 338 valence electrons. The number of carbonyl (C=O) groups is 2. The molecular weight excluding hydrogens is 798 g/mol. The number of nitrogens with one attached hydrogen (secondary N) is 1. The van der Waals surface area contributed by atoms with Gasteiger partial charge in [-0.2, -0.15) is 0 Å². The summed E-state index contributed by atoms with van der Waals surface area (Å²) in [7, 11) is 0. The van der Waals surface area contributed by atoms with Gasteiger partial charge in [0.2, 0.25) is 5.91 Å². The summed E-state index contributed by atoms with van der Waals surface area (Å²) in [5, 5.41) is 159. The van der Waals surface area contributed by atoms with Crippen LogP contribution < -0.4 is 5.32 Å². The minimum atomic E-state index is -2.23. The molecule has 4 saturated heterocycles. The van der Waals surface area contributed by atoms with Crippen LogP contribution in [0.2, 0.25) is 0 Å². The number of carbonyl (C=O) groups excluding carboxylic acids is 2. The van der Waals surface area contributed by atoms with Crippen LogP contribution in [0.5, 0.6) is 0 Å². The van der Waals surface area contributed by atoms with E-state index in [1.165, 1.54) is 6.92 Å². The molecule has 0 saturated carbocycles. The van der Waals surface area contributed by atoms with E-state index in [4.69, 9.17) is 37.9 Å². The molecule has 0 aromatic heterocycles. The number of hydrogen-bond donors (Lipinski definition) is 16. The van der Waals surface area contributed by atoms with Crippen LogP contribution in [0.15, 0.2) is 0 Å². The summed E-state index contributed by atoms with van der Waals surface area (Å²) in [5.74, 6) is -0.857. The fourth-order valence-electron chi connectivity index (χ4n) is 6.91. The maximum absolute atomic E-state index is 12.7. The highest BCUT2D eigenvalue weighted by Gasteiger charge is 2.57. The van der Waals surface area contributed by atoms with E-state index in [1.54, 1.807) is 0 Å². The molecule has 0 spiro atoms. The third kappa shape index (κ3) is 10.6. The predicted octanol–water partition coefficient (Wildman–Crippen LogP) is -10.9. The van der Waals surface area contributed by atoms with Gasteiger partial charge < -0.3 is 125 Å². The van der Waals surface area contributed by atoms with Crippen molar-refractivity contribution in [2.45, 2.75) is 161 Å². The van der Waals surface area contributed by atoms with E-state index in [0.717, 1.165) is 6.92 Å². The number of rotatable bonds is 17. The number of ether oxygens (including phenoxy) is 8. The predicted molar refractivity (Wildman–Crippen MR) is 178 cm³/mol. The molecule has 26 heteroatoms. The summed E-state index contributed by atoms with van der Waals surface area (Å²) in [6, 6.07) is -1.77. The Morgan fingerprint density at radius 1 is 0.621 bits per heavy atom. The van der Waals surface area contributed by atoms with Crippen LogP contribution in [-0.2, 0) is 47.5 Å². The lowest BCUT2D eigenvalue weighted by Crippen LogP contribution is -2.71. The van der Waals surface area contributed by atoms with Crippen molar-refractivity contribution in [3.8, 4) is 0 Å². The van der Waals surface area contributed by atoms with Crippen LogP contribution in [0.4, 0.5) is 0 Å². The van der Waals surface area contributed by atoms with Crippen molar-refractivity contribution < 1.29 is 124 Å². The first-order chi connectivity index (χ1) is 27.3. The van der Waals surface area contributed by atoms with E-state index in [1.807, 2.05) is 0 Å². The van der Waals surface area contributed by atoms with Gasteiger partial charge in [-0.1, -0.05) is 0 Å². The largest absolute Gasteiger partial charge is 0.394 e. The Bertz CT molecular complexity index is 1290. The molecule has 0 aromatic rings. The van der Waals surface area contributed by atoms with Crippen LogP contribution in [-0.4, -0.2) is 262 Å². The fourth-order valence-corrected chi connectivity index (χ4v) is 6.91. The first kappa shape index (κ1) is 48.9. The number of aliphatic hydroxyl groups is 15. The van der Waals surface area contributed by atoms with E-state index >= 15 is 0 Å². The highest BCUT2D eigenvalue weighted by Crippen LogP contribution is 2.36. The van der Waals surface area contributed by atoms with Crippen molar-refractivity contribution in [3.05, 3.63) is 0 Å². The van der Waals surface area contributed by atoms with Gasteiger partial charge >= 0.3 is 0 Å². The summed E-state index contributed by atoms with van der Waals surface area (Å²) in [6.07, 6.45) is -43.9. The summed E-state index contributed by atoms with van der Waals surface area (Å²) >= 11 is 0. The van der Waals surface area contributed by atoms with Crippen LogP contribution in [0.3, 0.4) is 0 Å². The molecule has 4 rings (SSSR count). The maximum atomic E-state index is 12.7. The Labute approximate surface area is 329 Å². The number of amides is 1. The fraction of sp³-hybridized carbons (Fsp3) is 0.938. The zero-order valence-electron chi connectivity index (χ0n) is 31.1. The van der Waals surface area contributed by atoms with Gasteiger partial charge in [0.05, 0.1) is 32.5 Å². The zero-order chi connectivity index (χ0) is 43.3. The van der Waals surface area contributed by atoms with Gasteiger partial charge in [-0.15, -0.1) is 0 Å². The topological polar surface area (TPSA) is 423 Å². The molecule has 26 nitrogen and oxygen atoms in total. The molecule has 4 aliphatic rings. The highest BCUT2D eigenvalue weighted by atomic mass is 16.8. The third-order valence-corrected chi connectivity index (χ3v) is 10.2. The second-order valence-corrected chi connectivity index (χ2v) is 14.3. The molecule has 1 amide bonds. The van der Waals surface area contributed by atoms with Crippen molar-refractivity contribution in [3.63, 3.8) is 0 Å².